The number of nitrogens with zero attached hydrogens (tertiary/aromatic N) is 2. The number of hydrogen-bond donors (Lipinski definition) is 1. The lowest BCUT2D eigenvalue weighted by atomic mass is 10.0. The minimum atomic E-state index is -0.790. The number of rotatable bonds is 6. The van der Waals surface area contributed by atoms with Gasteiger partial charge in [-0.05, 0) is 24.7 Å². The predicted octanol–water partition coefficient (Wildman–Crippen LogP) is 1.95. The van der Waals surface area contributed by atoms with Crippen LogP contribution in [0, 0.1) is 0 Å². The number of piperazine rings is 1. The molecule has 2 amide bonds. The Labute approximate surface area is 171 Å². The van der Waals surface area contributed by atoms with Crippen molar-refractivity contribution in [3.63, 3.8) is 0 Å². The fraction of sp³-hybridized carbons (Fsp3) is 0.364. The number of carbonyl (C=O) groups is 2. The van der Waals surface area contributed by atoms with Gasteiger partial charge in [0.2, 0.25) is 5.91 Å². The summed E-state index contributed by atoms with van der Waals surface area (Å²) >= 11 is 0. The third-order valence-electron chi connectivity index (χ3n) is 5.13. The SMILES string of the molecule is COc1cccc(OC)c1C(=O)N[C@H](C(=O)N1CCN(C)CC1)c1ccccc1. The molecule has 1 aliphatic heterocycles. The number of hydrogen-bond acceptors (Lipinski definition) is 5. The summed E-state index contributed by atoms with van der Waals surface area (Å²) in [5.74, 6) is 0.239. The quantitative estimate of drug-likeness (QED) is 0.807. The number of likely N-dealkylation sites (N-methyl/N-ethyl adjacent to an activating group) is 1. The zero-order valence-electron chi connectivity index (χ0n) is 17.1. The van der Waals surface area contributed by atoms with E-state index in [2.05, 4.69) is 10.2 Å². The maximum Gasteiger partial charge on any atom is 0.259 e. The lowest BCUT2D eigenvalue weighted by molar-refractivity contribution is -0.135. The zero-order chi connectivity index (χ0) is 20.8. The standard InChI is InChI=1S/C22H27N3O4/c1-24-12-14-25(15-13-24)22(27)20(16-8-5-4-6-9-16)23-21(26)19-17(28-2)10-7-11-18(19)29-3/h4-11,20H,12-15H2,1-3H3,(H,23,26)/t20-/m0/s1. The lowest BCUT2D eigenvalue weighted by Crippen LogP contribution is -2.51. The van der Waals surface area contributed by atoms with Crippen molar-refractivity contribution in [2.45, 2.75) is 6.04 Å². The highest BCUT2D eigenvalue weighted by molar-refractivity contribution is 6.02. The number of methoxy groups -OCH3 is 2. The van der Waals surface area contributed by atoms with Gasteiger partial charge in [0, 0.05) is 26.2 Å². The molecule has 2 aromatic rings. The van der Waals surface area contributed by atoms with E-state index >= 15 is 0 Å². The summed E-state index contributed by atoms with van der Waals surface area (Å²) in [6, 6.07) is 13.6. The molecule has 1 saturated heterocycles. The molecule has 3 rings (SSSR count). The smallest absolute Gasteiger partial charge is 0.259 e. The normalized spacial score (nSPS) is 15.5. The van der Waals surface area contributed by atoms with Gasteiger partial charge in [-0.3, -0.25) is 9.59 Å². The topological polar surface area (TPSA) is 71.1 Å². The Bertz CT molecular complexity index is 826. The van der Waals surface area contributed by atoms with Crippen LogP contribution in [0.3, 0.4) is 0 Å². The third kappa shape index (κ3) is 4.68. The first-order valence-corrected chi connectivity index (χ1v) is 9.59. The fourth-order valence-electron chi connectivity index (χ4n) is 3.42. The van der Waals surface area contributed by atoms with E-state index in [1.807, 2.05) is 37.4 Å². The van der Waals surface area contributed by atoms with Crippen LogP contribution >= 0.6 is 0 Å². The Morgan fingerprint density at radius 1 is 0.897 bits per heavy atom. The van der Waals surface area contributed by atoms with Crippen molar-refractivity contribution in [2.75, 3.05) is 47.4 Å². The number of nitrogens with one attached hydrogen (secondary N) is 1. The molecule has 2 aromatic carbocycles. The van der Waals surface area contributed by atoms with Gasteiger partial charge in [0.15, 0.2) is 0 Å². The van der Waals surface area contributed by atoms with E-state index in [9.17, 15) is 9.59 Å². The molecule has 0 spiro atoms. The van der Waals surface area contributed by atoms with Gasteiger partial charge in [-0.25, -0.2) is 0 Å². The Kier molecular flexibility index (Phi) is 6.72. The molecule has 1 aliphatic rings. The molecule has 29 heavy (non-hydrogen) atoms. The van der Waals surface area contributed by atoms with Crippen molar-refractivity contribution in [2.24, 2.45) is 0 Å². The highest BCUT2D eigenvalue weighted by atomic mass is 16.5. The second-order valence-electron chi connectivity index (χ2n) is 6.98. The van der Waals surface area contributed by atoms with Gasteiger partial charge in [-0.15, -0.1) is 0 Å². The Morgan fingerprint density at radius 3 is 2.03 bits per heavy atom. The molecule has 0 unspecified atom stereocenters. The van der Waals surface area contributed by atoms with Crippen molar-refractivity contribution >= 4 is 11.8 Å². The Hall–Kier alpha value is -3.06. The molecule has 1 atom stereocenters. The van der Waals surface area contributed by atoms with E-state index in [0.29, 0.717) is 24.6 Å². The number of benzene rings is 2. The van der Waals surface area contributed by atoms with Crippen LogP contribution < -0.4 is 14.8 Å². The van der Waals surface area contributed by atoms with E-state index in [4.69, 9.17) is 9.47 Å². The van der Waals surface area contributed by atoms with Gasteiger partial charge in [0.05, 0.1) is 14.2 Å². The number of ether oxygens (including phenoxy) is 2. The van der Waals surface area contributed by atoms with E-state index in [1.165, 1.54) is 14.2 Å². The van der Waals surface area contributed by atoms with Crippen LogP contribution in [0.25, 0.3) is 0 Å². The Balaban J connectivity index is 1.90. The average molecular weight is 397 g/mol. The number of carbonyl (C=O) groups excluding carboxylic acids is 2. The molecular formula is C22H27N3O4. The van der Waals surface area contributed by atoms with E-state index in [0.717, 1.165) is 18.7 Å². The lowest BCUT2D eigenvalue weighted by Gasteiger charge is -2.35. The van der Waals surface area contributed by atoms with E-state index in [1.54, 1.807) is 23.1 Å². The molecule has 7 nitrogen and oxygen atoms in total. The van der Waals surface area contributed by atoms with Crippen molar-refractivity contribution in [1.29, 1.82) is 0 Å². The molecule has 154 valence electrons. The second-order valence-corrected chi connectivity index (χ2v) is 6.98. The van der Waals surface area contributed by atoms with Crippen LogP contribution in [0.1, 0.15) is 22.0 Å². The highest BCUT2D eigenvalue weighted by Crippen LogP contribution is 2.29. The minimum Gasteiger partial charge on any atom is -0.496 e. The zero-order valence-corrected chi connectivity index (χ0v) is 17.1. The van der Waals surface area contributed by atoms with E-state index < -0.39 is 11.9 Å². The summed E-state index contributed by atoms with van der Waals surface area (Å²) in [7, 11) is 5.03. The fourth-order valence-corrected chi connectivity index (χ4v) is 3.42. The molecule has 0 aromatic heterocycles. The van der Waals surface area contributed by atoms with Crippen LogP contribution in [0.4, 0.5) is 0 Å². The molecule has 0 aliphatic carbocycles. The molecule has 1 heterocycles. The maximum absolute atomic E-state index is 13.3. The van der Waals surface area contributed by atoms with Gasteiger partial charge in [0.25, 0.3) is 5.91 Å². The maximum atomic E-state index is 13.3. The summed E-state index contributed by atoms with van der Waals surface area (Å²) in [4.78, 5) is 30.5. The molecule has 1 fully saturated rings. The first-order valence-electron chi connectivity index (χ1n) is 9.59. The molecule has 1 N–H and O–H groups in total. The van der Waals surface area contributed by atoms with Gasteiger partial charge < -0.3 is 24.6 Å². The summed E-state index contributed by atoms with van der Waals surface area (Å²) in [5, 5.41) is 2.90. The summed E-state index contributed by atoms with van der Waals surface area (Å²) in [6.45, 7) is 2.88. The highest BCUT2D eigenvalue weighted by Gasteiger charge is 2.31. The molecule has 0 radical (unpaired) electrons. The summed E-state index contributed by atoms with van der Waals surface area (Å²) in [5.41, 5.74) is 1.00. The first kappa shape index (κ1) is 20.7. The van der Waals surface area contributed by atoms with Crippen LogP contribution in [-0.4, -0.2) is 69.1 Å². The van der Waals surface area contributed by atoms with Crippen molar-refractivity contribution in [3.05, 3.63) is 59.7 Å². The third-order valence-corrected chi connectivity index (χ3v) is 5.13. The Morgan fingerprint density at radius 2 is 1.48 bits per heavy atom. The molecule has 0 bridgehead atoms. The average Bonchev–Trinajstić information content (AvgIpc) is 2.77. The van der Waals surface area contributed by atoms with Crippen LogP contribution in [0.2, 0.25) is 0 Å². The monoisotopic (exact) mass is 397 g/mol. The molecule has 7 heteroatoms. The van der Waals surface area contributed by atoms with Gasteiger partial charge >= 0.3 is 0 Å². The van der Waals surface area contributed by atoms with E-state index in [-0.39, 0.29) is 11.5 Å². The predicted molar refractivity (Wildman–Crippen MR) is 110 cm³/mol. The van der Waals surface area contributed by atoms with Crippen molar-refractivity contribution in [1.82, 2.24) is 15.1 Å². The van der Waals surface area contributed by atoms with Gasteiger partial charge in [0.1, 0.15) is 23.1 Å². The summed E-state index contributed by atoms with van der Waals surface area (Å²) in [6.07, 6.45) is 0. The van der Waals surface area contributed by atoms with Crippen LogP contribution in [0.5, 0.6) is 11.5 Å². The van der Waals surface area contributed by atoms with Gasteiger partial charge in [-0.2, -0.15) is 0 Å². The van der Waals surface area contributed by atoms with Crippen molar-refractivity contribution in [3.8, 4) is 11.5 Å². The number of amides is 2. The second kappa shape index (κ2) is 9.43. The largest absolute Gasteiger partial charge is 0.496 e. The summed E-state index contributed by atoms with van der Waals surface area (Å²) < 4.78 is 10.7. The van der Waals surface area contributed by atoms with Crippen molar-refractivity contribution < 1.29 is 19.1 Å². The molecular weight excluding hydrogens is 370 g/mol. The van der Waals surface area contributed by atoms with Gasteiger partial charge in [-0.1, -0.05) is 36.4 Å². The van der Waals surface area contributed by atoms with Crippen LogP contribution in [0.15, 0.2) is 48.5 Å². The van der Waals surface area contributed by atoms with Crippen LogP contribution in [-0.2, 0) is 4.79 Å². The minimum absolute atomic E-state index is 0.119. The first-order chi connectivity index (χ1) is 14.0. The molecule has 0 saturated carbocycles.